The number of aldehydes is 1. The second-order valence-corrected chi connectivity index (χ2v) is 11.1. The van der Waals surface area contributed by atoms with Crippen LogP contribution >= 0.6 is 0 Å². The number of likely N-dealkylation sites (tertiary alicyclic amines) is 1. The number of amides is 1. The van der Waals surface area contributed by atoms with Crippen LogP contribution < -0.4 is 9.80 Å². The maximum atomic E-state index is 13.8. The highest BCUT2D eigenvalue weighted by Crippen LogP contribution is 2.49. The first-order valence-electron chi connectivity index (χ1n) is 14.2. The topological polar surface area (TPSA) is 49.4 Å². The molecule has 1 spiro atoms. The third-order valence-electron chi connectivity index (χ3n) is 9.31. The molecule has 2 saturated heterocycles. The fourth-order valence-electron chi connectivity index (χ4n) is 7.08. The van der Waals surface area contributed by atoms with Crippen molar-refractivity contribution in [3.63, 3.8) is 0 Å². The molecule has 0 atom stereocenters. The summed E-state index contributed by atoms with van der Waals surface area (Å²) in [5.41, 5.74) is 3.01. The van der Waals surface area contributed by atoms with E-state index in [1.807, 2.05) is 48.5 Å². The zero-order valence-corrected chi connectivity index (χ0v) is 22.8. The Hall–Kier alpha value is -4.06. The summed E-state index contributed by atoms with van der Waals surface area (Å²) in [6.07, 6.45) is 3.29. The van der Waals surface area contributed by atoms with Crippen molar-refractivity contribution in [2.45, 2.75) is 30.2 Å². The van der Waals surface area contributed by atoms with E-state index in [0.717, 1.165) is 61.3 Å². The van der Waals surface area contributed by atoms with Crippen LogP contribution in [0, 0.1) is 0 Å². The smallest absolute Gasteiger partial charge is 0.286 e. The molecule has 5 heteroatoms. The second-order valence-electron chi connectivity index (χ2n) is 11.1. The van der Waals surface area contributed by atoms with Gasteiger partial charge in [0.25, 0.3) is 5.91 Å². The Kier molecular flexibility index (Phi) is 7.09. The lowest BCUT2D eigenvalue weighted by Crippen LogP contribution is -2.65. The SMILES string of the molecule is O=CC(CCN1CCC2(CC1)C(=O)NC[N+]2(c1ccccc1)c1ccccc1)(c1ccccc1)c1ccccc1. The molecule has 5 nitrogen and oxygen atoms in total. The van der Waals surface area contributed by atoms with Gasteiger partial charge in [0.05, 0.1) is 5.41 Å². The van der Waals surface area contributed by atoms with Gasteiger partial charge in [-0.05, 0) is 48.4 Å². The summed E-state index contributed by atoms with van der Waals surface area (Å²) >= 11 is 0. The Morgan fingerprint density at radius 3 is 1.62 bits per heavy atom. The van der Waals surface area contributed by atoms with E-state index in [1.54, 1.807) is 0 Å². The molecule has 4 aromatic rings. The maximum absolute atomic E-state index is 13.8. The van der Waals surface area contributed by atoms with Crippen LogP contribution in [0.1, 0.15) is 30.4 Å². The molecular formula is C35H36N3O2+. The summed E-state index contributed by atoms with van der Waals surface area (Å²) in [7, 11) is 0. The third kappa shape index (κ3) is 4.17. The number of para-hydroxylation sites is 2. The number of piperidine rings is 1. The van der Waals surface area contributed by atoms with Gasteiger partial charge in [-0.3, -0.25) is 4.79 Å². The monoisotopic (exact) mass is 530 g/mol. The predicted molar refractivity (Wildman–Crippen MR) is 160 cm³/mol. The van der Waals surface area contributed by atoms with Gasteiger partial charge in [-0.2, -0.15) is 0 Å². The van der Waals surface area contributed by atoms with Crippen LogP contribution in [-0.4, -0.2) is 48.9 Å². The van der Waals surface area contributed by atoms with E-state index in [4.69, 9.17) is 0 Å². The number of benzene rings is 4. The molecule has 0 unspecified atom stereocenters. The van der Waals surface area contributed by atoms with E-state index in [0.29, 0.717) is 17.6 Å². The molecule has 0 saturated carbocycles. The third-order valence-corrected chi connectivity index (χ3v) is 9.31. The molecule has 0 bridgehead atoms. The van der Waals surface area contributed by atoms with Crippen LogP contribution in [0.4, 0.5) is 11.4 Å². The highest BCUT2D eigenvalue weighted by atomic mass is 16.2. The van der Waals surface area contributed by atoms with Gasteiger partial charge in [-0.25, -0.2) is 4.48 Å². The van der Waals surface area contributed by atoms with Gasteiger partial charge in [0.15, 0.2) is 12.2 Å². The molecular weight excluding hydrogens is 494 g/mol. The highest BCUT2D eigenvalue weighted by molar-refractivity contribution is 5.94. The summed E-state index contributed by atoms with van der Waals surface area (Å²) < 4.78 is 0.494. The average Bonchev–Trinajstić information content (AvgIpc) is 3.32. The van der Waals surface area contributed by atoms with Crippen molar-refractivity contribution in [3.05, 3.63) is 132 Å². The van der Waals surface area contributed by atoms with Crippen molar-refractivity contribution in [2.75, 3.05) is 26.3 Å². The predicted octanol–water partition coefficient (Wildman–Crippen LogP) is 5.82. The van der Waals surface area contributed by atoms with Crippen molar-refractivity contribution in [2.24, 2.45) is 0 Å². The number of hydrogen-bond donors (Lipinski definition) is 1. The van der Waals surface area contributed by atoms with Gasteiger partial charge in [0, 0.05) is 25.9 Å². The van der Waals surface area contributed by atoms with Crippen molar-refractivity contribution in [1.82, 2.24) is 14.7 Å². The number of rotatable bonds is 8. The quantitative estimate of drug-likeness (QED) is 0.231. The average molecular weight is 531 g/mol. The van der Waals surface area contributed by atoms with Crippen LogP contribution in [0.3, 0.4) is 0 Å². The summed E-state index contributed by atoms with van der Waals surface area (Å²) in [6.45, 7) is 2.91. The Bertz CT molecular complexity index is 1350. The Morgan fingerprint density at radius 2 is 1.18 bits per heavy atom. The van der Waals surface area contributed by atoms with Gasteiger partial charge in [0.2, 0.25) is 0 Å². The Balaban J connectivity index is 1.29. The largest absolute Gasteiger partial charge is 0.303 e. The Morgan fingerprint density at radius 1 is 0.725 bits per heavy atom. The number of quaternary nitrogens is 1. The normalized spacial score (nSPS) is 18.4. The molecule has 6 rings (SSSR count). The summed E-state index contributed by atoms with van der Waals surface area (Å²) in [5.74, 6) is 0.135. The van der Waals surface area contributed by atoms with Gasteiger partial charge in [-0.1, -0.05) is 97.1 Å². The fourth-order valence-corrected chi connectivity index (χ4v) is 7.08. The zero-order valence-electron chi connectivity index (χ0n) is 22.8. The molecule has 2 fully saturated rings. The highest BCUT2D eigenvalue weighted by Gasteiger charge is 2.64. The zero-order chi connectivity index (χ0) is 27.5. The van der Waals surface area contributed by atoms with Crippen molar-refractivity contribution in [1.29, 1.82) is 0 Å². The van der Waals surface area contributed by atoms with Gasteiger partial charge < -0.3 is 15.0 Å². The summed E-state index contributed by atoms with van der Waals surface area (Å²) in [6, 6.07) is 41.2. The standard InChI is InChI=1S/C35H35N3O2/c39-27-34(29-13-5-1-6-14-29,30-15-7-2-8-16-30)21-24-37-25-22-35(23-26-37)33(40)36-28-38(35,31-17-9-3-10-18-31)32-19-11-4-12-20-32/h1-20,27H,21-26,28H2/p+1. The first kappa shape index (κ1) is 26.2. The minimum Gasteiger partial charge on any atom is -0.303 e. The van der Waals surface area contributed by atoms with Gasteiger partial charge in [0.1, 0.15) is 17.7 Å². The van der Waals surface area contributed by atoms with Crippen LogP contribution in [0.2, 0.25) is 0 Å². The van der Waals surface area contributed by atoms with Crippen LogP contribution in [0.25, 0.3) is 0 Å². The maximum Gasteiger partial charge on any atom is 0.286 e. The molecule has 2 aliphatic heterocycles. The fraction of sp³-hybridized carbons (Fsp3) is 0.257. The molecule has 2 heterocycles. The molecule has 2 aliphatic rings. The van der Waals surface area contributed by atoms with Gasteiger partial charge in [-0.15, -0.1) is 0 Å². The molecule has 202 valence electrons. The number of carbonyl (C=O) groups excluding carboxylic acids is 2. The van der Waals surface area contributed by atoms with Crippen molar-refractivity contribution in [3.8, 4) is 0 Å². The van der Waals surface area contributed by atoms with Gasteiger partial charge >= 0.3 is 0 Å². The molecule has 0 radical (unpaired) electrons. The van der Waals surface area contributed by atoms with Crippen molar-refractivity contribution < 1.29 is 9.59 Å². The summed E-state index contributed by atoms with van der Waals surface area (Å²) in [5, 5.41) is 3.26. The van der Waals surface area contributed by atoms with Crippen LogP contribution in [0.5, 0.6) is 0 Å². The molecule has 4 aromatic carbocycles. The lowest BCUT2D eigenvalue weighted by atomic mass is 9.73. The molecule has 0 aromatic heterocycles. The van der Waals surface area contributed by atoms with Crippen LogP contribution in [0.15, 0.2) is 121 Å². The number of hydrogen-bond acceptors (Lipinski definition) is 3. The van der Waals surface area contributed by atoms with E-state index in [-0.39, 0.29) is 5.91 Å². The molecule has 40 heavy (non-hydrogen) atoms. The van der Waals surface area contributed by atoms with E-state index in [1.165, 1.54) is 0 Å². The van der Waals surface area contributed by atoms with E-state index in [2.05, 4.69) is 83.0 Å². The van der Waals surface area contributed by atoms with E-state index >= 15 is 0 Å². The molecule has 1 N–H and O–H groups in total. The van der Waals surface area contributed by atoms with Crippen LogP contribution in [-0.2, 0) is 15.0 Å². The number of nitrogens with one attached hydrogen (secondary N) is 1. The van der Waals surface area contributed by atoms with Crippen molar-refractivity contribution >= 4 is 23.6 Å². The summed E-state index contributed by atoms with van der Waals surface area (Å²) in [4.78, 5) is 29.1. The lowest BCUT2D eigenvalue weighted by molar-refractivity contribution is -0.127. The first-order valence-corrected chi connectivity index (χ1v) is 14.2. The first-order chi connectivity index (χ1) is 19.6. The van der Waals surface area contributed by atoms with E-state index in [9.17, 15) is 9.59 Å². The second kappa shape index (κ2) is 10.8. The number of carbonyl (C=O) groups is 2. The lowest BCUT2D eigenvalue weighted by Gasteiger charge is -2.49. The Labute approximate surface area is 236 Å². The minimum absolute atomic E-state index is 0.135. The number of nitrogens with zero attached hydrogens (tertiary/aromatic N) is 2. The minimum atomic E-state index is -0.712. The molecule has 0 aliphatic carbocycles. The molecule has 1 amide bonds. The van der Waals surface area contributed by atoms with E-state index < -0.39 is 11.0 Å².